The molecule has 1 fully saturated rings. The number of aryl methyl sites for hydroxylation is 1. The second-order valence-corrected chi connectivity index (χ2v) is 7.43. The lowest BCUT2D eigenvalue weighted by Crippen LogP contribution is -2.43. The monoisotopic (exact) mass is 308 g/mol. The lowest BCUT2D eigenvalue weighted by Gasteiger charge is -2.50. The van der Waals surface area contributed by atoms with E-state index >= 15 is 0 Å². The summed E-state index contributed by atoms with van der Waals surface area (Å²) in [5.41, 5.74) is 4.91. The quantitative estimate of drug-likeness (QED) is 0.638. The first-order chi connectivity index (χ1) is 11.2. The zero-order chi connectivity index (χ0) is 15.9. The van der Waals surface area contributed by atoms with Gasteiger partial charge in [0.05, 0.1) is 0 Å². The Morgan fingerprint density at radius 3 is 2.61 bits per heavy atom. The number of halogens is 1. The lowest BCUT2D eigenvalue weighted by molar-refractivity contribution is 0.138. The van der Waals surface area contributed by atoms with Crippen molar-refractivity contribution in [3.63, 3.8) is 0 Å². The van der Waals surface area contributed by atoms with E-state index in [0.717, 1.165) is 5.92 Å². The molecule has 0 N–H and O–H groups in total. The zero-order valence-corrected chi connectivity index (χ0v) is 13.9. The van der Waals surface area contributed by atoms with E-state index in [4.69, 9.17) is 0 Å². The molecule has 0 saturated heterocycles. The number of benzene rings is 2. The molecule has 0 nitrogen and oxygen atoms in total. The van der Waals surface area contributed by atoms with Crippen LogP contribution in [0.25, 0.3) is 0 Å². The molecule has 0 amide bonds. The molecule has 2 aliphatic carbocycles. The standard InChI is InChI=1S/C22H25F/c1-2-22-14-13-18(16-8-11-20(23)12-9-16)15-19(22)10-7-17-5-3-4-6-21(17)22/h3-6,8-9,11-12,18-19H,2,7,10,13-15H2,1H3/t18-,19-,22-/m1/s1. The minimum atomic E-state index is -0.126. The van der Waals surface area contributed by atoms with Crippen molar-refractivity contribution in [2.24, 2.45) is 5.92 Å². The third-order valence-electron chi connectivity index (χ3n) is 6.58. The Balaban J connectivity index is 1.65. The fourth-order valence-electron chi connectivity index (χ4n) is 5.32. The summed E-state index contributed by atoms with van der Waals surface area (Å²) in [6.45, 7) is 2.37. The number of hydrogen-bond donors (Lipinski definition) is 0. The third kappa shape index (κ3) is 2.41. The fourth-order valence-corrected chi connectivity index (χ4v) is 5.32. The Morgan fingerprint density at radius 1 is 1.04 bits per heavy atom. The van der Waals surface area contributed by atoms with Gasteiger partial charge in [0.1, 0.15) is 5.82 Å². The van der Waals surface area contributed by atoms with Crippen LogP contribution in [0.3, 0.4) is 0 Å². The summed E-state index contributed by atoms with van der Waals surface area (Å²) in [6.07, 6.45) is 7.53. The van der Waals surface area contributed by atoms with Gasteiger partial charge in [0.25, 0.3) is 0 Å². The molecule has 1 saturated carbocycles. The summed E-state index contributed by atoms with van der Waals surface area (Å²) in [6, 6.07) is 16.3. The molecule has 0 heterocycles. The van der Waals surface area contributed by atoms with Crippen LogP contribution in [-0.2, 0) is 11.8 Å². The Labute approximate surface area is 138 Å². The Kier molecular flexibility index (Phi) is 3.75. The van der Waals surface area contributed by atoms with Crippen molar-refractivity contribution in [3.05, 3.63) is 71.0 Å². The zero-order valence-electron chi connectivity index (χ0n) is 13.9. The van der Waals surface area contributed by atoms with Gasteiger partial charge < -0.3 is 0 Å². The average molecular weight is 308 g/mol. The second-order valence-electron chi connectivity index (χ2n) is 7.43. The largest absolute Gasteiger partial charge is 0.207 e. The van der Waals surface area contributed by atoms with Crippen molar-refractivity contribution >= 4 is 0 Å². The first kappa shape index (κ1) is 14.9. The molecule has 0 radical (unpaired) electrons. The summed E-state index contributed by atoms with van der Waals surface area (Å²) >= 11 is 0. The predicted molar refractivity (Wildman–Crippen MR) is 93.2 cm³/mol. The van der Waals surface area contributed by atoms with Crippen molar-refractivity contribution in [2.45, 2.75) is 56.8 Å². The van der Waals surface area contributed by atoms with E-state index in [-0.39, 0.29) is 5.82 Å². The van der Waals surface area contributed by atoms with Gasteiger partial charge in [-0.25, -0.2) is 4.39 Å². The van der Waals surface area contributed by atoms with Gasteiger partial charge in [-0.05, 0) is 84.6 Å². The van der Waals surface area contributed by atoms with Gasteiger partial charge in [-0.15, -0.1) is 0 Å². The van der Waals surface area contributed by atoms with Crippen LogP contribution in [0.2, 0.25) is 0 Å². The van der Waals surface area contributed by atoms with Crippen LogP contribution in [0.5, 0.6) is 0 Å². The van der Waals surface area contributed by atoms with Crippen LogP contribution in [0.4, 0.5) is 4.39 Å². The Hall–Kier alpha value is -1.63. The van der Waals surface area contributed by atoms with E-state index in [1.54, 1.807) is 23.3 Å². The highest BCUT2D eigenvalue weighted by Crippen LogP contribution is 2.55. The fraction of sp³-hybridized carbons (Fsp3) is 0.455. The Morgan fingerprint density at radius 2 is 1.83 bits per heavy atom. The number of hydrogen-bond acceptors (Lipinski definition) is 0. The first-order valence-electron chi connectivity index (χ1n) is 9.07. The van der Waals surface area contributed by atoms with Gasteiger partial charge in [-0.3, -0.25) is 0 Å². The molecular formula is C22H25F. The predicted octanol–water partition coefficient (Wildman–Crippen LogP) is 6.00. The maximum absolute atomic E-state index is 13.2. The average Bonchev–Trinajstić information content (AvgIpc) is 2.61. The van der Waals surface area contributed by atoms with Gasteiger partial charge in [0.2, 0.25) is 0 Å². The molecule has 120 valence electrons. The molecule has 0 aliphatic heterocycles. The van der Waals surface area contributed by atoms with Crippen LogP contribution in [0, 0.1) is 11.7 Å². The van der Waals surface area contributed by atoms with E-state index in [9.17, 15) is 4.39 Å². The van der Waals surface area contributed by atoms with E-state index in [0.29, 0.717) is 11.3 Å². The molecule has 1 heteroatoms. The SMILES string of the molecule is CC[C@@]12CC[C@@H](c3ccc(F)cc3)C[C@H]1CCc1ccccc12. The smallest absolute Gasteiger partial charge is 0.123 e. The minimum absolute atomic E-state index is 0.126. The van der Waals surface area contributed by atoms with Crippen LogP contribution < -0.4 is 0 Å². The van der Waals surface area contributed by atoms with Gasteiger partial charge >= 0.3 is 0 Å². The van der Waals surface area contributed by atoms with Crippen LogP contribution in [0.1, 0.15) is 61.6 Å². The minimum Gasteiger partial charge on any atom is -0.207 e. The molecule has 0 spiro atoms. The molecule has 4 rings (SSSR count). The van der Waals surface area contributed by atoms with Crippen molar-refractivity contribution in [1.29, 1.82) is 0 Å². The molecule has 3 atom stereocenters. The van der Waals surface area contributed by atoms with Crippen molar-refractivity contribution in [3.8, 4) is 0 Å². The van der Waals surface area contributed by atoms with Crippen LogP contribution in [0.15, 0.2) is 48.5 Å². The van der Waals surface area contributed by atoms with Crippen LogP contribution in [-0.4, -0.2) is 0 Å². The molecule has 0 bridgehead atoms. The van der Waals surface area contributed by atoms with Gasteiger partial charge in [-0.1, -0.05) is 43.3 Å². The maximum atomic E-state index is 13.2. The third-order valence-corrected chi connectivity index (χ3v) is 6.58. The van der Waals surface area contributed by atoms with E-state index in [1.165, 1.54) is 44.1 Å². The van der Waals surface area contributed by atoms with E-state index < -0.39 is 0 Å². The summed E-state index contributed by atoms with van der Waals surface area (Å²) in [7, 11) is 0. The summed E-state index contributed by atoms with van der Waals surface area (Å²) in [4.78, 5) is 0. The Bertz CT molecular complexity index is 687. The highest BCUT2D eigenvalue weighted by Gasteiger charge is 2.46. The van der Waals surface area contributed by atoms with Crippen molar-refractivity contribution in [1.82, 2.24) is 0 Å². The number of fused-ring (bicyclic) bond motifs is 3. The number of rotatable bonds is 2. The normalized spacial score (nSPS) is 29.7. The highest BCUT2D eigenvalue weighted by molar-refractivity contribution is 5.39. The summed E-state index contributed by atoms with van der Waals surface area (Å²) < 4.78 is 13.2. The summed E-state index contributed by atoms with van der Waals surface area (Å²) in [5, 5.41) is 0. The molecule has 23 heavy (non-hydrogen) atoms. The van der Waals surface area contributed by atoms with Crippen molar-refractivity contribution < 1.29 is 4.39 Å². The second kappa shape index (κ2) is 5.78. The van der Waals surface area contributed by atoms with Crippen molar-refractivity contribution in [2.75, 3.05) is 0 Å². The summed E-state index contributed by atoms with van der Waals surface area (Å²) in [5.74, 6) is 1.25. The molecule has 2 aliphatic rings. The molecule has 2 aromatic rings. The topological polar surface area (TPSA) is 0 Å². The van der Waals surface area contributed by atoms with E-state index in [1.807, 2.05) is 12.1 Å². The van der Waals surface area contributed by atoms with Crippen LogP contribution >= 0.6 is 0 Å². The highest BCUT2D eigenvalue weighted by atomic mass is 19.1. The van der Waals surface area contributed by atoms with Gasteiger partial charge in [0.15, 0.2) is 0 Å². The van der Waals surface area contributed by atoms with Gasteiger partial charge in [0, 0.05) is 0 Å². The molecule has 2 aromatic carbocycles. The first-order valence-corrected chi connectivity index (χ1v) is 9.07. The molecule has 0 unspecified atom stereocenters. The maximum Gasteiger partial charge on any atom is 0.123 e. The lowest BCUT2D eigenvalue weighted by atomic mass is 9.54. The molecular weight excluding hydrogens is 283 g/mol. The van der Waals surface area contributed by atoms with Gasteiger partial charge in [-0.2, -0.15) is 0 Å². The molecule has 0 aromatic heterocycles. The van der Waals surface area contributed by atoms with E-state index in [2.05, 4.69) is 31.2 Å².